The van der Waals surface area contributed by atoms with E-state index in [1.54, 1.807) is 4.90 Å². The molecule has 2 fully saturated rings. The van der Waals surface area contributed by atoms with Crippen molar-refractivity contribution in [3.05, 3.63) is 42.0 Å². The number of piperazine rings is 1. The lowest BCUT2D eigenvalue weighted by molar-refractivity contribution is -0.147. The van der Waals surface area contributed by atoms with E-state index in [0.29, 0.717) is 13.1 Å². The van der Waals surface area contributed by atoms with Crippen molar-refractivity contribution in [2.45, 2.75) is 18.9 Å². The molecule has 23 heavy (non-hydrogen) atoms. The summed E-state index contributed by atoms with van der Waals surface area (Å²) in [5, 5.41) is 2.76. The molecule has 5 nitrogen and oxygen atoms in total. The van der Waals surface area contributed by atoms with Gasteiger partial charge in [-0.3, -0.25) is 14.5 Å². The van der Waals surface area contributed by atoms with Crippen LogP contribution in [-0.4, -0.2) is 60.4 Å². The number of hydrogen-bond donors (Lipinski definition) is 1. The standard InChI is InChI=1S/C18H23N3O2/c22-17(19-16-8-9-16)18(23)21-13-11-20(12-14-21)10-4-7-15-5-2-1-3-6-15/h1-7,16H,8-14H2,(H,19,22). The number of carbonyl (C=O) groups is 2. The van der Waals surface area contributed by atoms with Crippen LogP contribution in [0.1, 0.15) is 18.4 Å². The fourth-order valence-electron chi connectivity index (χ4n) is 2.65. The van der Waals surface area contributed by atoms with Gasteiger partial charge in [0.15, 0.2) is 0 Å². The second-order valence-electron chi connectivity index (χ2n) is 6.15. The average molecular weight is 313 g/mol. The summed E-state index contributed by atoms with van der Waals surface area (Å²) in [6, 6.07) is 10.4. The van der Waals surface area contributed by atoms with Crippen LogP contribution < -0.4 is 5.32 Å². The number of nitrogens with one attached hydrogen (secondary N) is 1. The van der Waals surface area contributed by atoms with Gasteiger partial charge in [0.05, 0.1) is 0 Å². The molecule has 1 N–H and O–H groups in total. The van der Waals surface area contributed by atoms with Crippen molar-refractivity contribution in [3.63, 3.8) is 0 Å². The van der Waals surface area contributed by atoms with Gasteiger partial charge >= 0.3 is 11.8 Å². The molecule has 1 saturated heterocycles. The van der Waals surface area contributed by atoms with Crippen molar-refractivity contribution in [3.8, 4) is 0 Å². The molecule has 5 heteroatoms. The smallest absolute Gasteiger partial charge is 0.311 e. The molecule has 0 bridgehead atoms. The first kappa shape index (κ1) is 15.7. The monoisotopic (exact) mass is 313 g/mol. The summed E-state index contributed by atoms with van der Waals surface area (Å²) in [5.41, 5.74) is 1.19. The lowest BCUT2D eigenvalue weighted by Gasteiger charge is -2.33. The summed E-state index contributed by atoms with van der Waals surface area (Å²) in [5.74, 6) is -0.818. The summed E-state index contributed by atoms with van der Waals surface area (Å²) >= 11 is 0. The lowest BCUT2D eigenvalue weighted by Crippen LogP contribution is -2.52. The first-order valence-corrected chi connectivity index (χ1v) is 8.26. The maximum absolute atomic E-state index is 12.0. The van der Waals surface area contributed by atoms with Gasteiger partial charge in [-0.1, -0.05) is 42.5 Å². The Morgan fingerprint density at radius 3 is 2.43 bits per heavy atom. The van der Waals surface area contributed by atoms with Gasteiger partial charge in [-0.25, -0.2) is 0 Å². The molecule has 1 saturated carbocycles. The molecule has 122 valence electrons. The Morgan fingerprint density at radius 2 is 1.78 bits per heavy atom. The summed E-state index contributed by atoms with van der Waals surface area (Å²) in [7, 11) is 0. The van der Waals surface area contributed by atoms with Crippen LogP contribution in [0.2, 0.25) is 0 Å². The van der Waals surface area contributed by atoms with Crippen molar-refractivity contribution < 1.29 is 9.59 Å². The fraction of sp³-hybridized carbons (Fsp3) is 0.444. The minimum absolute atomic E-state index is 0.232. The first-order valence-electron chi connectivity index (χ1n) is 8.26. The van der Waals surface area contributed by atoms with Crippen molar-refractivity contribution >= 4 is 17.9 Å². The predicted octanol–water partition coefficient (Wildman–Crippen LogP) is 1.12. The second-order valence-corrected chi connectivity index (χ2v) is 6.15. The van der Waals surface area contributed by atoms with Crippen LogP contribution in [0.5, 0.6) is 0 Å². The SMILES string of the molecule is O=C(NC1CC1)C(=O)N1CCN(CC=Cc2ccccc2)CC1. The minimum Gasteiger partial charge on any atom is -0.345 e. The molecule has 0 atom stereocenters. The Labute approximate surface area is 137 Å². The summed E-state index contributed by atoms with van der Waals surface area (Å²) in [6.45, 7) is 3.72. The maximum Gasteiger partial charge on any atom is 0.311 e. The zero-order valence-corrected chi connectivity index (χ0v) is 13.3. The number of amides is 2. The van der Waals surface area contributed by atoms with E-state index in [1.807, 2.05) is 18.2 Å². The Morgan fingerprint density at radius 1 is 1.09 bits per heavy atom. The molecule has 0 radical (unpaired) electrons. The fourth-order valence-corrected chi connectivity index (χ4v) is 2.65. The minimum atomic E-state index is -0.440. The molecule has 2 amide bonds. The maximum atomic E-state index is 12.0. The predicted molar refractivity (Wildman–Crippen MR) is 89.7 cm³/mol. The topological polar surface area (TPSA) is 52.7 Å². The zero-order chi connectivity index (χ0) is 16.1. The van der Waals surface area contributed by atoms with Crippen molar-refractivity contribution in [2.75, 3.05) is 32.7 Å². The largest absolute Gasteiger partial charge is 0.345 e. The normalized spacial score (nSPS) is 19.0. The summed E-state index contributed by atoms with van der Waals surface area (Å²) < 4.78 is 0. The number of benzene rings is 1. The molecule has 1 heterocycles. The van der Waals surface area contributed by atoms with Crippen LogP contribution in [0.15, 0.2) is 36.4 Å². The zero-order valence-electron chi connectivity index (χ0n) is 13.3. The highest BCUT2D eigenvalue weighted by molar-refractivity contribution is 6.35. The van der Waals surface area contributed by atoms with Crippen LogP contribution in [0.3, 0.4) is 0 Å². The van der Waals surface area contributed by atoms with Gasteiger partial charge < -0.3 is 10.2 Å². The number of rotatable bonds is 4. The Bertz CT molecular complexity index is 573. The third-order valence-corrected chi connectivity index (χ3v) is 4.24. The van der Waals surface area contributed by atoms with Gasteiger partial charge in [0.2, 0.25) is 0 Å². The van der Waals surface area contributed by atoms with Gasteiger partial charge in [-0.15, -0.1) is 0 Å². The molecule has 3 rings (SSSR count). The molecule has 0 aromatic heterocycles. The van der Waals surface area contributed by atoms with Crippen LogP contribution >= 0.6 is 0 Å². The van der Waals surface area contributed by atoms with E-state index < -0.39 is 5.91 Å². The molecule has 2 aliphatic rings. The first-order chi connectivity index (χ1) is 11.2. The third-order valence-electron chi connectivity index (χ3n) is 4.24. The Kier molecular flexibility index (Phi) is 5.08. The van der Waals surface area contributed by atoms with Crippen LogP contribution in [0.25, 0.3) is 6.08 Å². The van der Waals surface area contributed by atoms with Crippen molar-refractivity contribution in [1.82, 2.24) is 15.1 Å². The third kappa shape index (κ3) is 4.66. The van der Waals surface area contributed by atoms with Gasteiger partial charge in [-0.2, -0.15) is 0 Å². The number of carbonyl (C=O) groups excluding carboxylic acids is 2. The van der Waals surface area contributed by atoms with Crippen molar-refractivity contribution in [2.24, 2.45) is 0 Å². The average Bonchev–Trinajstić information content (AvgIpc) is 3.40. The van der Waals surface area contributed by atoms with E-state index in [-0.39, 0.29) is 11.9 Å². The Balaban J connectivity index is 1.40. The van der Waals surface area contributed by atoms with E-state index in [4.69, 9.17) is 0 Å². The Hall–Kier alpha value is -2.14. The molecular weight excluding hydrogens is 290 g/mol. The van der Waals surface area contributed by atoms with E-state index in [0.717, 1.165) is 32.5 Å². The second kappa shape index (κ2) is 7.42. The van der Waals surface area contributed by atoms with Crippen LogP contribution in [0.4, 0.5) is 0 Å². The van der Waals surface area contributed by atoms with Crippen LogP contribution in [-0.2, 0) is 9.59 Å². The molecule has 1 aliphatic carbocycles. The highest BCUT2D eigenvalue weighted by atomic mass is 16.2. The highest BCUT2D eigenvalue weighted by Crippen LogP contribution is 2.18. The highest BCUT2D eigenvalue weighted by Gasteiger charge is 2.30. The molecular formula is C18H23N3O2. The molecule has 1 aliphatic heterocycles. The molecule has 1 aromatic rings. The van der Waals surface area contributed by atoms with Crippen molar-refractivity contribution in [1.29, 1.82) is 0 Å². The number of nitrogens with zero attached hydrogens (tertiary/aromatic N) is 2. The van der Waals surface area contributed by atoms with Crippen LogP contribution in [0, 0.1) is 0 Å². The molecule has 0 unspecified atom stereocenters. The van der Waals surface area contributed by atoms with Gasteiger partial charge in [-0.05, 0) is 18.4 Å². The van der Waals surface area contributed by atoms with E-state index in [9.17, 15) is 9.59 Å². The summed E-state index contributed by atoms with van der Waals surface area (Å²) in [4.78, 5) is 27.8. The van der Waals surface area contributed by atoms with Gasteiger partial charge in [0.25, 0.3) is 0 Å². The summed E-state index contributed by atoms with van der Waals surface area (Å²) in [6.07, 6.45) is 6.26. The number of hydrogen-bond acceptors (Lipinski definition) is 3. The lowest BCUT2D eigenvalue weighted by atomic mass is 10.2. The quantitative estimate of drug-likeness (QED) is 0.848. The van der Waals surface area contributed by atoms with E-state index >= 15 is 0 Å². The van der Waals surface area contributed by atoms with Gasteiger partial charge in [0, 0.05) is 38.8 Å². The van der Waals surface area contributed by atoms with E-state index in [1.165, 1.54) is 5.56 Å². The van der Waals surface area contributed by atoms with E-state index in [2.05, 4.69) is 34.5 Å². The molecule has 0 spiro atoms. The molecule has 1 aromatic carbocycles. The van der Waals surface area contributed by atoms with Gasteiger partial charge in [0.1, 0.15) is 0 Å².